The largest absolute Gasteiger partial charge is 0.399 e. The van der Waals surface area contributed by atoms with Gasteiger partial charge in [-0.05, 0) is 30.0 Å². The Morgan fingerprint density at radius 2 is 2.00 bits per heavy atom. The van der Waals surface area contributed by atoms with Crippen molar-refractivity contribution in [3.05, 3.63) is 18.2 Å². The van der Waals surface area contributed by atoms with Crippen molar-refractivity contribution in [2.24, 2.45) is 5.41 Å². The summed E-state index contributed by atoms with van der Waals surface area (Å²) in [5.41, 5.74) is 7.48. The van der Waals surface area contributed by atoms with Crippen LogP contribution in [0.1, 0.15) is 27.2 Å². The predicted molar refractivity (Wildman–Crippen MR) is 76.6 cm³/mol. The highest BCUT2D eigenvalue weighted by Crippen LogP contribution is 2.23. The molecule has 5 nitrogen and oxygen atoms in total. The average molecular weight is 281 g/mol. The first-order chi connectivity index (χ1) is 8.67. The Bertz CT molecular complexity index is 696. The fourth-order valence-corrected chi connectivity index (χ4v) is 3.27. The van der Waals surface area contributed by atoms with Crippen LogP contribution >= 0.6 is 0 Å². The first-order valence-corrected chi connectivity index (χ1v) is 7.81. The summed E-state index contributed by atoms with van der Waals surface area (Å²) >= 11 is 0. The molecule has 0 saturated heterocycles. The number of nitrogens with two attached hydrogens (primary N) is 1. The van der Waals surface area contributed by atoms with E-state index in [4.69, 9.17) is 5.73 Å². The van der Waals surface area contributed by atoms with E-state index in [0.29, 0.717) is 23.1 Å². The molecular formula is C13H19N3O2S. The Morgan fingerprint density at radius 3 is 2.63 bits per heavy atom. The molecule has 0 amide bonds. The van der Waals surface area contributed by atoms with Crippen LogP contribution in [0.4, 0.5) is 5.69 Å². The van der Waals surface area contributed by atoms with Crippen LogP contribution in [-0.2, 0) is 9.84 Å². The van der Waals surface area contributed by atoms with Crippen molar-refractivity contribution in [2.45, 2.75) is 32.3 Å². The number of sulfone groups is 1. The normalized spacial score (nSPS) is 13.0. The lowest BCUT2D eigenvalue weighted by atomic mass is 9.94. The number of aromatic amines is 1. The van der Waals surface area contributed by atoms with E-state index in [0.717, 1.165) is 0 Å². The van der Waals surface area contributed by atoms with Gasteiger partial charge >= 0.3 is 0 Å². The van der Waals surface area contributed by atoms with E-state index in [9.17, 15) is 8.42 Å². The van der Waals surface area contributed by atoms with Gasteiger partial charge in [-0.1, -0.05) is 20.8 Å². The van der Waals surface area contributed by atoms with Crippen molar-refractivity contribution in [3.8, 4) is 0 Å². The third-order valence-electron chi connectivity index (χ3n) is 2.90. The molecule has 0 aliphatic heterocycles. The molecule has 0 bridgehead atoms. The van der Waals surface area contributed by atoms with Gasteiger partial charge in [0.25, 0.3) is 0 Å². The van der Waals surface area contributed by atoms with Crippen LogP contribution in [0, 0.1) is 5.41 Å². The molecule has 0 aliphatic carbocycles. The third kappa shape index (κ3) is 3.26. The highest BCUT2D eigenvalue weighted by Gasteiger charge is 2.22. The van der Waals surface area contributed by atoms with Crippen molar-refractivity contribution < 1.29 is 8.42 Å². The molecule has 0 aliphatic rings. The molecule has 0 fully saturated rings. The monoisotopic (exact) mass is 281 g/mol. The van der Waals surface area contributed by atoms with E-state index >= 15 is 0 Å². The van der Waals surface area contributed by atoms with Crippen LogP contribution < -0.4 is 5.73 Å². The second-order valence-corrected chi connectivity index (χ2v) is 7.97. The minimum absolute atomic E-state index is 0.0243. The quantitative estimate of drug-likeness (QED) is 0.845. The van der Waals surface area contributed by atoms with Crippen LogP contribution in [-0.4, -0.2) is 24.1 Å². The second-order valence-electron chi connectivity index (χ2n) is 5.95. The standard InChI is InChI=1S/C13H19N3O2S/c1-13(2,3)6-7-19(17,18)12-15-10-5-4-9(14)8-11(10)16-12/h4-5,8H,6-7,14H2,1-3H3,(H,15,16). The topological polar surface area (TPSA) is 88.8 Å². The van der Waals surface area contributed by atoms with Crippen LogP contribution in [0.5, 0.6) is 0 Å². The molecule has 2 rings (SSSR count). The number of imidazole rings is 1. The number of aromatic nitrogens is 2. The zero-order valence-electron chi connectivity index (χ0n) is 11.4. The van der Waals surface area contributed by atoms with E-state index in [-0.39, 0.29) is 16.3 Å². The van der Waals surface area contributed by atoms with Gasteiger partial charge < -0.3 is 10.7 Å². The summed E-state index contributed by atoms with van der Waals surface area (Å²) in [5.74, 6) is 0.0891. The number of nitrogens with one attached hydrogen (secondary N) is 1. The van der Waals surface area contributed by atoms with Gasteiger partial charge in [0.15, 0.2) is 0 Å². The number of hydrogen-bond donors (Lipinski definition) is 2. The number of anilines is 1. The lowest BCUT2D eigenvalue weighted by Crippen LogP contribution is -2.15. The Morgan fingerprint density at radius 1 is 1.32 bits per heavy atom. The number of rotatable bonds is 3. The molecule has 0 spiro atoms. The van der Waals surface area contributed by atoms with Gasteiger partial charge in [-0.2, -0.15) is 0 Å². The average Bonchev–Trinajstić information content (AvgIpc) is 2.69. The zero-order chi connectivity index (χ0) is 14.3. The van der Waals surface area contributed by atoms with E-state index < -0.39 is 9.84 Å². The smallest absolute Gasteiger partial charge is 0.226 e. The van der Waals surface area contributed by atoms with Crippen LogP contribution in [0.15, 0.2) is 23.4 Å². The molecule has 104 valence electrons. The molecule has 6 heteroatoms. The third-order valence-corrected chi connectivity index (χ3v) is 4.42. The Hall–Kier alpha value is -1.56. The molecule has 0 unspecified atom stereocenters. The van der Waals surface area contributed by atoms with E-state index in [1.54, 1.807) is 18.2 Å². The molecular weight excluding hydrogens is 262 g/mol. The summed E-state index contributed by atoms with van der Waals surface area (Å²) < 4.78 is 24.4. The van der Waals surface area contributed by atoms with Gasteiger partial charge in [0.05, 0.1) is 16.8 Å². The molecule has 3 N–H and O–H groups in total. The van der Waals surface area contributed by atoms with Crippen molar-refractivity contribution in [2.75, 3.05) is 11.5 Å². The summed E-state index contributed by atoms with van der Waals surface area (Å²) in [6.07, 6.45) is 0.592. The van der Waals surface area contributed by atoms with Gasteiger partial charge in [-0.25, -0.2) is 13.4 Å². The fraction of sp³-hybridized carbons (Fsp3) is 0.462. The van der Waals surface area contributed by atoms with Crippen LogP contribution in [0.25, 0.3) is 11.0 Å². The van der Waals surface area contributed by atoms with Gasteiger partial charge in [-0.3, -0.25) is 0 Å². The predicted octanol–water partition coefficient (Wildman–Crippen LogP) is 2.35. The van der Waals surface area contributed by atoms with Gasteiger partial charge in [0.1, 0.15) is 0 Å². The molecule has 1 heterocycles. The number of hydrogen-bond acceptors (Lipinski definition) is 4. The maximum absolute atomic E-state index is 12.2. The molecule has 1 aromatic carbocycles. The van der Waals surface area contributed by atoms with Gasteiger partial charge in [0.2, 0.25) is 15.0 Å². The van der Waals surface area contributed by atoms with Crippen molar-refractivity contribution in [1.29, 1.82) is 0 Å². The highest BCUT2D eigenvalue weighted by atomic mass is 32.2. The lowest BCUT2D eigenvalue weighted by Gasteiger charge is -2.16. The van der Waals surface area contributed by atoms with Crippen molar-refractivity contribution in [3.63, 3.8) is 0 Å². The maximum Gasteiger partial charge on any atom is 0.226 e. The van der Waals surface area contributed by atoms with Crippen LogP contribution in [0.3, 0.4) is 0 Å². The lowest BCUT2D eigenvalue weighted by molar-refractivity contribution is 0.397. The fourth-order valence-electron chi connectivity index (χ4n) is 1.69. The minimum Gasteiger partial charge on any atom is -0.399 e. The van der Waals surface area contributed by atoms with E-state index in [1.165, 1.54) is 0 Å². The summed E-state index contributed by atoms with van der Waals surface area (Å²) in [4.78, 5) is 6.96. The maximum atomic E-state index is 12.2. The van der Waals surface area contributed by atoms with Crippen molar-refractivity contribution >= 4 is 26.6 Å². The Labute approximate surface area is 113 Å². The summed E-state index contributed by atoms with van der Waals surface area (Å²) in [6, 6.07) is 5.10. The number of H-pyrrole nitrogens is 1. The molecule has 19 heavy (non-hydrogen) atoms. The number of nitrogen functional groups attached to an aromatic ring is 1. The number of benzene rings is 1. The summed E-state index contributed by atoms with van der Waals surface area (Å²) in [7, 11) is -3.38. The minimum atomic E-state index is -3.38. The summed E-state index contributed by atoms with van der Waals surface area (Å²) in [5, 5.41) is 0.0253. The molecule has 0 atom stereocenters. The molecule has 1 aromatic heterocycles. The molecule has 0 saturated carbocycles. The Kier molecular flexibility index (Phi) is 3.30. The first-order valence-electron chi connectivity index (χ1n) is 6.15. The van der Waals surface area contributed by atoms with Crippen molar-refractivity contribution in [1.82, 2.24) is 9.97 Å². The summed E-state index contributed by atoms with van der Waals surface area (Å²) in [6.45, 7) is 6.05. The van der Waals surface area contributed by atoms with E-state index in [1.807, 2.05) is 20.8 Å². The molecule has 2 aromatic rings. The van der Waals surface area contributed by atoms with E-state index in [2.05, 4.69) is 9.97 Å². The number of nitrogens with zero attached hydrogens (tertiary/aromatic N) is 1. The highest BCUT2D eigenvalue weighted by molar-refractivity contribution is 7.91. The molecule has 0 radical (unpaired) electrons. The van der Waals surface area contributed by atoms with Gasteiger partial charge in [0, 0.05) is 5.69 Å². The zero-order valence-corrected chi connectivity index (χ0v) is 12.2. The van der Waals surface area contributed by atoms with Gasteiger partial charge in [-0.15, -0.1) is 0 Å². The second kappa shape index (κ2) is 4.52. The Balaban J connectivity index is 2.33. The SMILES string of the molecule is CC(C)(C)CCS(=O)(=O)c1nc2ccc(N)cc2[nH]1. The van der Waals surface area contributed by atoms with Crippen LogP contribution in [0.2, 0.25) is 0 Å². The first kappa shape index (κ1) is 13.9. The number of fused-ring (bicyclic) bond motifs is 1.